The van der Waals surface area contributed by atoms with E-state index in [1.165, 1.54) is 28.7 Å². The Bertz CT molecular complexity index is 559. The average molecular weight is 301 g/mol. The molecule has 0 spiro atoms. The van der Waals surface area contributed by atoms with Crippen molar-refractivity contribution in [2.75, 3.05) is 0 Å². The molecule has 3 rings (SSSR count). The van der Waals surface area contributed by atoms with Crippen molar-refractivity contribution in [1.82, 2.24) is 0 Å². The molecule has 0 radical (unpaired) electrons. The molecule has 2 aromatic carbocycles. The second-order valence-electron chi connectivity index (χ2n) is 5.16. The third-order valence-electron chi connectivity index (χ3n) is 4.01. The van der Waals surface area contributed by atoms with Crippen LogP contribution in [0.2, 0.25) is 0 Å². The highest BCUT2D eigenvalue weighted by molar-refractivity contribution is 9.09. The van der Waals surface area contributed by atoms with Gasteiger partial charge in [-0.05, 0) is 42.0 Å². The number of hydrogen-bond donors (Lipinski definition) is 0. The van der Waals surface area contributed by atoms with Crippen LogP contribution in [0.4, 0.5) is 0 Å². The first-order valence-electron chi connectivity index (χ1n) is 6.52. The van der Waals surface area contributed by atoms with E-state index in [4.69, 9.17) is 0 Å². The van der Waals surface area contributed by atoms with Gasteiger partial charge in [0.1, 0.15) is 0 Å². The van der Waals surface area contributed by atoms with Crippen LogP contribution in [0.3, 0.4) is 0 Å². The van der Waals surface area contributed by atoms with Crippen molar-refractivity contribution in [3.63, 3.8) is 0 Å². The van der Waals surface area contributed by atoms with E-state index in [0.717, 1.165) is 6.42 Å². The Morgan fingerprint density at radius 2 is 1.83 bits per heavy atom. The predicted molar refractivity (Wildman–Crippen MR) is 80.5 cm³/mol. The maximum absolute atomic E-state index is 3.90. The van der Waals surface area contributed by atoms with Crippen LogP contribution < -0.4 is 0 Å². The first-order valence-corrected chi connectivity index (χ1v) is 7.43. The molecule has 0 fully saturated rings. The summed E-state index contributed by atoms with van der Waals surface area (Å²) in [6, 6.07) is 17.5. The minimum atomic E-state index is 0.550. The summed E-state index contributed by atoms with van der Waals surface area (Å²) < 4.78 is 0. The zero-order valence-electron chi connectivity index (χ0n) is 10.6. The van der Waals surface area contributed by atoms with Crippen LogP contribution in [-0.4, -0.2) is 4.83 Å². The van der Waals surface area contributed by atoms with Gasteiger partial charge in [0.05, 0.1) is 0 Å². The SMILES string of the molecule is Cc1ccccc1CC(Br)C1Cc2ccccc21. The van der Waals surface area contributed by atoms with Gasteiger partial charge in [-0.25, -0.2) is 0 Å². The van der Waals surface area contributed by atoms with Crippen molar-refractivity contribution < 1.29 is 0 Å². The monoisotopic (exact) mass is 300 g/mol. The lowest BCUT2D eigenvalue weighted by Gasteiger charge is -2.34. The van der Waals surface area contributed by atoms with Gasteiger partial charge in [0, 0.05) is 10.7 Å². The lowest BCUT2D eigenvalue weighted by atomic mass is 9.74. The Morgan fingerprint density at radius 1 is 1.11 bits per heavy atom. The number of hydrogen-bond acceptors (Lipinski definition) is 0. The highest BCUT2D eigenvalue weighted by atomic mass is 79.9. The number of halogens is 1. The highest BCUT2D eigenvalue weighted by Crippen LogP contribution is 2.41. The van der Waals surface area contributed by atoms with E-state index in [-0.39, 0.29) is 0 Å². The standard InChI is InChI=1S/C17H17Br/c1-12-6-2-3-7-13(12)11-17(18)16-10-14-8-4-5-9-15(14)16/h2-9,16-17H,10-11H2,1H3. The van der Waals surface area contributed by atoms with Crippen molar-refractivity contribution in [2.24, 2.45) is 0 Å². The number of benzene rings is 2. The molecular weight excluding hydrogens is 284 g/mol. The lowest BCUT2D eigenvalue weighted by molar-refractivity contribution is 0.580. The van der Waals surface area contributed by atoms with Gasteiger partial charge >= 0.3 is 0 Å². The van der Waals surface area contributed by atoms with E-state index in [9.17, 15) is 0 Å². The van der Waals surface area contributed by atoms with Gasteiger partial charge in [-0.2, -0.15) is 0 Å². The molecule has 0 aliphatic heterocycles. The largest absolute Gasteiger partial charge is 0.0880 e. The third-order valence-corrected chi connectivity index (χ3v) is 4.97. The van der Waals surface area contributed by atoms with E-state index < -0.39 is 0 Å². The molecule has 0 heterocycles. The Morgan fingerprint density at radius 3 is 2.61 bits per heavy atom. The molecule has 0 saturated heterocycles. The topological polar surface area (TPSA) is 0 Å². The molecule has 0 N–H and O–H groups in total. The minimum Gasteiger partial charge on any atom is -0.0880 e. The quantitative estimate of drug-likeness (QED) is 0.724. The number of aryl methyl sites for hydroxylation is 1. The van der Waals surface area contributed by atoms with Crippen LogP contribution in [0.1, 0.15) is 28.2 Å². The summed E-state index contributed by atoms with van der Waals surface area (Å²) in [5.74, 6) is 0.681. The van der Waals surface area contributed by atoms with Crippen LogP contribution in [0.25, 0.3) is 0 Å². The van der Waals surface area contributed by atoms with Crippen molar-refractivity contribution in [3.8, 4) is 0 Å². The van der Waals surface area contributed by atoms with E-state index in [0.29, 0.717) is 10.7 Å². The highest BCUT2D eigenvalue weighted by Gasteiger charge is 2.31. The van der Waals surface area contributed by atoms with E-state index in [2.05, 4.69) is 71.4 Å². The van der Waals surface area contributed by atoms with Gasteiger partial charge in [-0.15, -0.1) is 0 Å². The first kappa shape index (κ1) is 12.0. The Kier molecular flexibility index (Phi) is 3.25. The fourth-order valence-corrected chi connectivity index (χ4v) is 3.63. The molecule has 0 amide bonds. The van der Waals surface area contributed by atoms with E-state index in [1.807, 2.05) is 0 Å². The van der Waals surface area contributed by atoms with Gasteiger partial charge in [0.15, 0.2) is 0 Å². The molecule has 0 nitrogen and oxygen atoms in total. The molecule has 18 heavy (non-hydrogen) atoms. The fourth-order valence-electron chi connectivity index (χ4n) is 2.81. The molecule has 0 saturated carbocycles. The molecule has 0 aromatic heterocycles. The van der Waals surface area contributed by atoms with Gasteiger partial charge < -0.3 is 0 Å². The summed E-state index contributed by atoms with van der Waals surface area (Å²) in [5.41, 5.74) is 5.92. The number of fused-ring (bicyclic) bond motifs is 1. The summed E-state index contributed by atoms with van der Waals surface area (Å²) >= 11 is 3.90. The Labute approximate surface area is 117 Å². The van der Waals surface area contributed by atoms with Crippen molar-refractivity contribution in [2.45, 2.75) is 30.5 Å². The van der Waals surface area contributed by atoms with Crippen LogP contribution in [-0.2, 0) is 12.8 Å². The second-order valence-corrected chi connectivity index (χ2v) is 6.33. The van der Waals surface area contributed by atoms with Gasteiger partial charge in [0.2, 0.25) is 0 Å². The van der Waals surface area contributed by atoms with Crippen molar-refractivity contribution in [3.05, 3.63) is 70.8 Å². The van der Waals surface area contributed by atoms with Crippen molar-refractivity contribution >= 4 is 15.9 Å². The Hall–Kier alpha value is -1.08. The molecule has 2 aromatic rings. The number of rotatable bonds is 3. The van der Waals surface area contributed by atoms with Gasteiger partial charge in [0.25, 0.3) is 0 Å². The molecule has 1 aliphatic rings. The average Bonchev–Trinajstić information content (AvgIpc) is 2.34. The molecule has 2 atom stereocenters. The normalized spacial score (nSPS) is 18.9. The van der Waals surface area contributed by atoms with Gasteiger partial charge in [-0.3, -0.25) is 0 Å². The second kappa shape index (κ2) is 4.89. The number of alkyl halides is 1. The lowest BCUT2D eigenvalue weighted by Crippen LogP contribution is -2.26. The van der Waals surface area contributed by atoms with Gasteiger partial charge in [-0.1, -0.05) is 64.5 Å². The molecular formula is C17H17Br. The minimum absolute atomic E-state index is 0.550. The predicted octanol–water partition coefficient (Wildman–Crippen LogP) is 4.64. The molecule has 0 bridgehead atoms. The molecule has 1 aliphatic carbocycles. The van der Waals surface area contributed by atoms with E-state index in [1.54, 1.807) is 0 Å². The van der Waals surface area contributed by atoms with Crippen LogP contribution >= 0.6 is 15.9 Å². The first-order chi connectivity index (χ1) is 8.75. The molecule has 2 unspecified atom stereocenters. The summed E-state index contributed by atoms with van der Waals surface area (Å²) in [5, 5.41) is 0. The summed E-state index contributed by atoms with van der Waals surface area (Å²) in [6.07, 6.45) is 2.34. The zero-order valence-corrected chi connectivity index (χ0v) is 12.2. The third kappa shape index (κ3) is 2.12. The van der Waals surface area contributed by atoms with Crippen LogP contribution in [0.15, 0.2) is 48.5 Å². The summed E-state index contributed by atoms with van der Waals surface area (Å²) in [6.45, 7) is 2.20. The molecule has 1 heteroatoms. The van der Waals surface area contributed by atoms with Crippen LogP contribution in [0, 0.1) is 6.92 Å². The fraction of sp³-hybridized carbons (Fsp3) is 0.294. The Balaban J connectivity index is 1.75. The van der Waals surface area contributed by atoms with E-state index >= 15 is 0 Å². The maximum Gasteiger partial charge on any atom is 0.0258 e. The zero-order chi connectivity index (χ0) is 12.5. The smallest absolute Gasteiger partial charge is 0.0258 e. The van der Waals surface area contributed by atoms with Crippen molar-refractivity contribution in [1.29, 1.82) is 0 Å². The molecule has 92 valence electrons. The summed E-state index contributed by atoms with van der Waals surface area (Å²) in [7, 11) is 0. The van der Waals surface area contributed by atoms with Crippen LogP contribution in [0.5, 0.6) is 0 Å². The maximum atomic E-state index is 3.90. The summed E-state index contributed by atoms with van der Waals surface area (Å²) in [4.78, 5) is 0.550.